The fourth-order valence-corrected chi connectivity index (χ4v) is 2.90. The van der Waals surface area contributed by atoms with Crippen molar-refractivity contribution in [2.75, 3.05) is 13.1 Å². The average molecular weight is 424 g/mol. The van der Waals surface area contributed by atoms with Crippen molar-refractivity contribution < 1.29 is 19.1 Å². The van der Waals surface area contributed by atoms with E-state index >= 15 is 0 Å². The van der Waals surface area contributed by atoms with Gasteiger partial charge in [-0.05, 0) is 43.7 Å². The molecule has 0 aliphatic heterocycles. The van der Waals surface area contributed by atoms with Gasteiger partial charge in [0.1, 0.15) is 17.3 Å². The van der Waals surface area contributed by atoms with Crippen LogP contribution in [0.3, 0.4) is 0 Å². The number of aromatic hydroxyl groups is 1. The van der Waals surface area contributed by atoms with Gasteiger partial charge in [0, 0.05) is 30.4 Å². The van der Waals surface area contributed by atoms with Gasteiger partial charge >= 0.3 is 0 Å². The van der Waals surface area contributed by atoms with E-state index < -0.39 is 17.2 Å². The number of hydrogen-bond donors (Lipinski definition) is 3. The van der Waals surface area contributed by atoms with Gasteiger partial charge in [0.05, 0.1) is 0 Å². The van der Waals surface area contributed by atoms with Crippen LogP contribution in [0.25, 0.3) is 5.69 Å². The minimum Gasteiger partial charge on any atom is -0.508 e. The first-order valence-corrected chi connectivity index (χ1v) is 9.58. The van der Waals surface area contributed by atoms with Gasteiger partial charge in [0.15, 0.2) is 5.69 Å². The molecule has 3 N–H and O–H groups in total. The second kappa shape index (κ2) is 9.66. The molecule has 1 heterocycles. The topological polar surface area (TPSA) is 113 Å². The van der Waals surface area contributed by atoms with Crippen LogP contribution in [-0.2, 0) is 0 Å². The molecule has 0 unspecified atom stereocenters. The molecule has 31 heavy (non-hydrogen) atoms. The first-order valence-electron chi connectivity index (χ1n) is 9.58. The molecule has 3 rings (SSSR count). The van der Waals surface area contributed by atoms with Gasteiger partial charge in [-0.3, -0.25) is 14.4 Å². The third kappa shape index (κ3) is 5.33. The predicted molar refractivity (Wildman–Crippen MR) is 112 cm³/mol. The zero-order chi connectivity index (χ0) is 22.4. The number of aryl methyl sites for hydroxylation is 1. The number of carbonyl (C=O) groups excluding carboxylic acids is 2. The Balaban J connectivity index is 1.58. The van der Waals surface area contributed by atoms with E-state index in [0.717, 1.165) is 0 Å². The highest BCUT2D eigenvalue weighted by Crippen LogP contribution is 2.13. The van der Waals surface area contributed by atoms with Crippen molar-refractivity contribution in [1.82, 2.24) is 20.4 Å². The van der Waals surface area contributed by atoms with Crippen LogP contribution in [0.4, 0.5) is 4.39 Å². The average Bonchev–Trinajstić information content (AvgIpc) is 2.74. The molecular formula is C22H21FN4O4. The number of carbonyl (C=O) groups is 2. The quantitative estimate of drug-likeness (QED) is 0.502. The number of rotatable bonds is 7. The number of nitrogens with zero attached hydrogens (tertiary/aromatic N) is 2. The Morgan fingerprint density at radius 3 is 2.45 bits per heavy atom. The Morgan fingerprint density at radius 2 is 1.74 bits per heavy atom. The normalized spacial score (nSPS) is 10.5. The fourth-order valence-electron chi connectivity index (χ4n) is 2.90. The zero-order valence-corrected chi connectivity index (χ0v) is 16.8. The largest absolute Gasteiger partial charge is 0.508 e. The van der Waals surface area contributed by atoms with E-state index in [4.69, 9.17) is 0 Å². The smallest absolute Gasteiger partial charge is 0.275 e. The van der Waals surface area contributed by atoms with E-state index in [1.165, 1.54) is 41.1 Å². The molecule has 0 aliphatic rings. The van der Waals surface area contributed by atoms with E-state index in [1.54, 1.807) is 25.1 Å². The standard InChI is InChI=1S/C22H21FN4O4/c1-14-12-19(29)20(26-27(14)18-9-3-2-8-17(18)23)22(31)25-11-5-10-24-21(30)15-6-4-7-16(28)13-15/h2-4,6-9,12-13,28H,5,10-11H2,1H3,(H,24,30)(H,25,31). The summed E-state index contributed by atoms with van der Waals surface area (Å²) < 4.78 is 15.3. The number of para-hydroxylation sites is 1. The first kappa shape index (κ1) is 21.7. The second-order valence-corrected chi connectivity index (χ2v) is 6.78. The van der Waals surface area contributed by atoms with Gasteiger partial charge in [-0.25, -0.2) is 9.07 Å². The summed E-state index contributed by atoms with van der Waals surface area (Å²) in [5, 5.41) is 18.7. The molecule has 0 atom stereocenters. The van der Waals surface area contributed by atoms with Gasteiger partial charge in [-0.2, -0.15) is 5.10 Å². The second-order valence-electron chi connectivity index (χ2n) is 6.78. The van der Waals surface area contributed by atoms with E-state index in [-0.39, 0.29) is 36.1 Å². The summed E-state index contributed by atoms with van der Waals surface area (Å²) >= 11 is 0. The van der Waals surface area contributed by atoms with Crippen LogP contribution >= 0.6 is 0 Å². The molecule has 2 aromatic carbocycles. The van der Waals surface area contributed by atoms with Gasteiger partial charge in [0.2, 0.25) is 5.43 Å². The SMILES string of the molecule is Cc1cc(=O)c(C(=O)NCCCNC(=O)c2cccc(O)c2)nn1-c1ccccc1F. The monoisotopic (exact) mass is 424 g/mol. The highest BCUT2D eigenvalue weighted by Gasteiger charge is 2.16. The summed E-state index contributed by atoms with van der Waals surface area (Å²) in [6.07, 6.45) is 0.406. The van der Waals surface area contributed by atoms with Gasteiger partial charge in [0.25, 0.3) is 11.8 Å². The number of aromatic nitrogens is 2. The number of nitrogens with one attached hydrogen (secondary N) is 2. The lowest BCUT2D eigenvalue weighted by atomic mass is 10.2. The maximum absolute atomic E-state index is 14.1. The van der Waals surface area contributed by atoms with E-state index in [1.807, 2.05) is 0 Å². The minimum atomic E-state index is -0.686. The first-order chi connectivity index (χ1) is 14.9. The Bertz CT molecular complexity index is 1180. The predicted octanol–water partition coefficient (Wildman–Crippen LogP) is 1.94. The maximum Gasteiger partial charge on any atom is 0.275 e. The van der Waals surface area contributed by atoms with Crippen LogP contribution in [0.15, 0.2) is 59.4 Å². The summed E-state index contributed by atoms with van der Waals surface area (Å²) in [6, 6.07) is 13.1. The molecule has 160 valence electrons. The molecule has 0 bridgehead atoms. The number of amides is 2. The van der Waals surface area contributed by atoms with Crippen LogP contribution in [0.2, 0.25) is 0 Å². The molecule has 1 aromatic heterocycles. The fraction of sp³-hybridized carbons (Fsp3) is 0.182. The van der Waals surface area contributed by atoms with Crippen molar-refractivity contribution >= 4 is 11.8 Å². The number of phenols is 1. The number of benzene rings is 2. The lowest BCUT2D eigenvalue weighted by Crippen LogP contribution is -2.34. The zero-order valence-electron chi connectivity index (χ0n) is 16.8. The van der Waals surface area contributed by atoms with Crippen molar-refractivity contribution in [2.24, 2.45) is 0 Å². The maximum atomic E-state index is 14.1. The summed E-state index contributed by atoms with van der Waals surface area (Å²) in [6.45, 7) is 2.06. The van der Waals surface area contributed by atoms with Crippen LogP contribution < -0.4 is 16.1 Å². The van der Waals surface area contributed by atoms with Crippen molar-refractivity contribution in [3.63, 3.8) is 0 Å². The van der Waals surface area contributed by atoms with Crippen molar-refractivity contribution in [1.29, 1.82) is 0 Å². The lowest BCUT2D eigenvalue weighted by molar-refractivity contribution is 0.0945. The van der Waals surface area contributed by atoms with Crippen LogP contribution in [0.1, 0.15) is 33.0 Å². The molecule has 0 saturated heterocycles. The van der Waals surface area contributed by atoms with Gasteiger partial charge in [-0.1, -0.05) is 18.2 Å². The molecular weight excluding hydrogens is 403 g/mol. The Morgan fingerprint density at radius 1 is 1.03 bits per heavy atom. The summed E-state index contributed by atoms with van der Waals surface area (Å²) in [5.41, 5.74) is -0.0796. The summed E-state index contributed by atoms with van der Waals surface area (Å²) in [7, 11) is 0. The molecule has 3 aromatic rings. The highest BCUT2D eigenvalue weighted by molar-refractivity contribution is 5.94. The van der Waals surface area contributed by atoms with Gasteiger partial charge < -0.3 is 15.7 Å². The van der Waals surface area contributed by atoms with Crippen LogP contribution in [-0.4, -0.2) is 39.8 Å². The number of hydrogen-bond acceptors (Lipinski definition) is 5. The summed E-state index contributed by atoms with van der Waals surface area (Å²) in [5.74, 6) is -1.58. The molecule has 0 saturated carbocycles. The number of halogens is 1. The van der Waals surface area contributed by atoms with Crippen molar-refractivity contribution in [3.8, 4) is 11.4 Å². The van der Waals surface area contributed by atoms with E-state index in [9.17, 15) is 23.9 Å². The molecule has 9 heteroatoms. The third-order valence-corrected chi connectivity index (χ3v) is 4.44. The third-order valence-electron chi connectivity index (χ3n) is 4.44. The molecule has 0 aliphatic carbocycles. The lowest BCUT2D eigenvalue weighted by Gasteiger charge is -2.12. The van der Waals surface area contributed by atoms with Crippen molar-refractivity contribution in [2.45, 2.75) is 13.3 Å². The molecule has 0 spiro atoms. The van der Waals surface area contributed by atoms with Crippen LogP contribution in [0, 0.1) is 12.7 Å². The molecule has 8 nitrogen and oxygen atoms in total. The Labute approximate surface area is 177 Å². The Kier molecular flexibility index (Phi) is 6.76. The molecule has 2 amide bonds. The highest BCUT2D eigenvalue weighted by atomic mass is 19.1. The van der Waals surface area contributed by atoms with E-state index in [0.29, 0.717) is 17.7 Å². The Hall–Kier alpha value is -4.01. The van der Waals surface area contributed by atoms with Gasteiger partial charge in [-0.15, -0.1) is 0 Å². The van der Waals surface area contributed by atoms with Crippen molar-refractivity contribution in [3.05, 3.63) is 87.6 Å². The summed E-state index contributed by atoms with van der Waals surface area (Å²) in [4.78, 5) is 36.6. The van der Waals surface area contributed by atoms with E-state index in [2.05, 4.69) is 15.7 Å². The number of phenolic OH excluding ortho intramolecular Hbond substituents is 1. The molecule has 0 radical (unpaired) electrons. The molecule has 0 fully saturated rings. The minimum absolute atomic E-state index is 0.00782. The van der Waals surface area contributed by atoms with Crippen LogP contribution in [0.5, 0.6) is 5.75 Å².